The second-order valence-electron chi connectivity index (χ2n) is 6.58. The maximum atomic E-state index is 10.1. The topological polar surface area (TPSA) is 57.1 Å². The first-order valence-corrected chi connectivity index (χ1v) is 10.1. The molecular formula is C19H31N3O2S. The zero-order valence-corrected chi connectivity index (χ0v) is 16.6. The van der Waals surface area contributed by atoms with E-state index < -0.39 is 0 Å². The molecule has 1 aromatic rings. The molecule has 2 rings (SSSR count). The van der Waals surface area contributed by atoms with Gasteiger partial charge in [-0.2, -0.15) is 11.8 Å². The van der Waals surface area contributed by atoms with Crippen molar-refractivity contribution < 1.29 is 9.84 Å². The van der Waals surface area contributed by atoms with Crippen LogP contribution in [-0.4, -0.2) is 60.3 Å². The first-order valence-electron chi connectivity index (χ1n) is 9.05. The molecule has 0 aliphatic carbocycles. The van der Waals surface area contributed by atoms with Crippen LogP contribution in [-0.2, 0) is 6.42 Å². The number of phenolic OH excluding ortho intramolecular Hbond substituents is 1. The number of aromatic hydroxyl groups is 1. The van der Waals surface area contributed by atoms with Crippen LogP contribution in [0.5, 0.6) is 11.5 Å². The van der Waals surface area contributed by atoms with Crippen molar-refractivity contribution in [2.45, 2.75) is 32.4 Å². The summed E-state index contributed by atoms with van der Waals surface area (Å²) in [5, 5.41) is 14.1. The van der Waals surface area contributed by atoms with Gasteiger partial charge < -0.3 is 20.1 Å². The van der Waals surface area contributed by atoms with Crippen molar-refractivity contribution >= 4 is 17.7 Å². The van der Waals surface area contributed by atoms with Crippen molar-refractivity contribution in [1.82, 2.24) is 10.2 Å². The van der Waals surface area contributed by atoms with Crippen LogP contribution >= 0.6 is 11.8 Å². The van der Waals surface area contributed by atoms with Crippen LogP contribution in [0, 0.1) is 5.92 Å². The highest BCUT2D eigenvalue weighted by molar-refractivity contribution is 8.00. The summed E-state index contributed by atoms with van der Waals surface area (Å²) in [5.74, 6) is 3.75. The molecule has 1 heterocycles. The number of nitrogens with zero attached hydrogens (tertiary/aromatic N) is 2. The number of hydrogen-bond acceptors (Lipinski definition) is 4. The van der Waals surface area contributed by atoms with Gasteiger partial charge in [-0.25, -0.2) is 0 Å². The average molecular weight is 366 g/mol. The fourth-order valence-electron chi connectivity index (χ4n) is 2.86. The smallest absolute Gasteiger partial charge is 0.193 e. The van der Waals surface area contributed by atoms with Crippen LogP contribution in [0.1, 0.15) is 26.3 Å². The predicted molar refractivity (Wildman–Crippen MR) is 107 cm³/mol. The number of methoxy groups -OCH3 is 1. The van der Waals surface area contributed by atoms with Gasteiger partial charge in [-0.1, -0.05) is 19.9 Å². The molecule has 0 aromatic heterocycles. The number of rotatable bonds is 6. The van der Waals surface area contributed by atoms with Crippen molar-refractivity contribution in [3.8, 4) is 11.5 Å². The van der Waals surface area contributed by atoms with Gasteiger partial charge in [-0.3, -0.25) is 4.99 Å². The number of hydrogen-bond donors (Lipinski definition) is 2. The van der Waals surface area contributed by atoms with Gasteiger partial charge in [-0.05, 0) is 30.9 Å². The maximum Gasteiger partial charge on any atom is 0.193 e. The molecule has 0 radical (unpaired) electrons. The highest BCUT2D eigenvalue weighted by atomic mass is 32.2. The van der Waals surface area contributed by atoms with Gasteiger partial charge in [0.15, 0.2) is 5.96 Å². The normalized spacial score (nSPS) is 18.5. The summed E-state index contributed by atoms with van der Waals surface area (Å²) in [6, 6.07) is 5.43. The number of nitrogens with one attached hydrogen (secondary N) is 1. The SMILES string of the molecule is CCNC(=NCCc1ccc(OC)cc1O)N1CCSC(C(C)C)C1. The van der Waals surface area contributed by atoms with E-state index in [0.29, 0.717) is 29.9 Å². The van der Waals surface area contributed by atoms with E-state index in [1.165, 1.54) is 0 Å². The molecule has 1 saturated heterocycles. The van der Waals surface area contributed by atoms with Crippen molar-refractivity contribution in [2.24, 2.45) is 10.9 Å². The first kappa shape index (κ1) is 19.8. The number of aliphatic imine (C=N–C) groups is 1. The molecule has 0 saturated carbocycles. The van der Waals surface area contributed by atoms with Crippen LogP contribution < -0.4 is 10.1 Å². The lowest BCUT2D eigenvalue weighted by atomic mass is 10.1. The van der Waals surface area contributed by atoms with Crippen LogP contribution in [0.3, 0.4) is 0 Å². The van der Waals surface area contributed by atoms with Crippen molar-refractivity contribution in [1.29, 1.82) is 0 Å². The van der Waals surface area contributed by atoms with E-state index in [1.54, 1.807) is 13.2 Å². The van der Waals surface area contributed by atoms with Gasteiger partial charge in [-0.15, -0.1) is 0 Å². The number of ether oxygens (including phenoxy) is 1. The van der Waals surface area contributed by atoms with Crippen LogP contribution in [0.2, 0.25) is 0 Å². The molecule has 6 heteroatoms. The third-order valence-electron chi connectivity index (χ3n) is 4.41. The molecule has 5 nitrogen and oxygen atoms in total. The zero-order valence-electron chi connectivity index (χ0n) is 15.8. The lowest BCUT2D eigenvalue weighted by Gasteiger charge is -2.36. The van der Waals surface area contributed by atoms with Gasteiger partial charge in [0.25, 0.3) is 0 Å². The monoisotopic (exact) mass is 365 g/mol. The van der Waals surface area contributed by atoms with E-state index in [1.807, 2.05) is 12.1 Å². The zero-order chi connectivity index (χ0) is 18.2. The Morgan fingerprint density at radius 1 is 1.48 bits per heavy atom. The van der Waals surface area contributed by atoms with Crippen molar-refractivity contribution in [2.75, 3.05) is 39.0 Å². The van der Waals surface area contributed by atoms with E-state index in [-0.39, 0.29) is 5.75 Å². The fraction of sp³-hybridized carbons (Fsp3) is 0.632. The third kappa shape index (κ3) is 5.73. The molecule has 25 heavy (non-hydrogen) atoms. The molecule has 1 fully saturated rings. The predicted octanol–water partition coefficient (Wildman–Crippen LogP) is 2.98. The summed E-state index contributed by atoms with van der Waals surface area (Å²) in [4.78, 5) is 7.16. The largest absolute Gasteiger partial charge is 0.508 e. The standard InChI is InChI=1S/C19H31N3O2S/c1-5-20-19(22-10-11-25-18(13-22)14(2)3)21-9-8-15-6-7-16(24-4)12-17(15)23/h6-7,12,14,18,23H,5,8-11,13H2,1-4H3,(H,20,21). The number of thioether (sulfide) groups is 1. The average Bonchev–Trinajstić information content (AvgIpc) is 2.62. The Morgan fingerprint density at radius 2 is 2.28 bits per heavy atom. The van der Waals surface area contributed by atoms with E-state index in [0.717, 1.165) is 36.9 Å². The Balaban J connectivity index is 1.99. The van der Waals surface area contributed by atoms with Gasteiger partial charge >= 0.3 is 0 Å². The minimum atomic E-state index is 0.272. The maximum absolute atomic E-state index is 10.1. The van der Waals surface area contributed by atoms with E-state index in [2.05, 4.69) is 42.7 Å². The number of guanidine groups is 1. The molecule has 1 aromatic carbocycles. The Labute approximate surface area is 155 Å². The summed E-state index contributed by atoms with van der Waals surface area (Å²) >= 11 is 2.07. The highest BCUT2D eigenvalue weighted by Gasteiger charge is 2.24. The molecule has 0 amide bonds. The summed E-state index contributed by atoms with van der Waals surface area (Å²) in [6.07, 6.45) is 0.709. The molecule has 1 aliphatic heterocycles. The van der Waals surface area contributed by atoms with E-state index >= 15 is 0 Å². The van der Waals surface area contributed by atoms with E-state index in [4.69, 9.17) is 9.73 Å². The molecule has 2 N–H and O–H groups in total. The Bertz CT molecular complexity index is 578. The quantitative estimate of drug-likeness (QED) is 0.600. The Kier molecular flexibility index (Phi) is 7.75. The van der Waals surface area contributed by atoms with Gasteiger partial charge in [0.05, 0.1) is 7.11 Å². The summed E-state index contributed by atoms with van der Waals surface area (Å²) < 4.78 is 5.13. The van der Waals surface area contributed by atoms with Gasteiger partial charge in [0, 0.05) is 43.2 Å². The minimum absolute atomic E-state index is 0.272. The summed E-state index contributed by atoms with van der Waals surface area (Å²) in [6.45, 7) is 10.3. The van der Waals surface area contributed by atoms with Gasteiger partial charge in [0.2, 0.25) is 0 Å². The van der Waals surface area contributed by atoms with Crippen molar-refractivity contribution in [3.05, 3.63) is 23.8 Å². The van der Waals surface area contributed by atoms with Crippen LogP contribution in [0.4, 0.5) is 0 Å². The van der Waals surface area contributed by atoms with E-state index in [9.17, 15) is 5.11 Å². The lowest BCUT2D eigenvalue weighted by molar-refractivity contribution is 0.381. The lowest BCUT2D eigenvalue weighted by Crippen LogP contribution is -2.49. The summed E-state index contributed by atoms with van der Waals surface area (Å²) in [5.41, 5.74) is 0.898. The minimum Gasteiger partial charge on any atom is -0.508 e. The molecule has 0 spiro atoms. The summed E-state index contributed by atoms with van der Waals surface area (Å²) in [7, 11) is 1.60. The second-order valence-corrected chi connectivity index (χ2v) is 7.93. The molecule has 1 aliphatic rings. The van der Waals surface area contributed by atoms with Crippen molar-refractivity contribution in [3.63, 3.8) is 0 Å². The van der Waals surface area contributed by atoms with Crippen LogP contribution in [0.15, 0.2) is 23.2 Å². The molecule has 0 bridgehead atoms. The highest BCUT2D eigenvalue weighted by Crippen LogP contribution is 2.25. The molecular weight excluding hydrogens is 334 g/mol. The molecule has 1 unspecified atom stereocenters. The Morgan fingerprint density at radius 3 is 2.92 bits per heavy atom. The molecule has 1 atom stereocenters. The van der Waals surface area contributed by atoms with Gasteiger partial charge in [0.1, 0.15) is 11.5 Å². The van der Waals surface area contributed by atoms with Crippen LogP contribution in [0.25, 0.3) is 0 Å². The third-order valence-corrected chi connectivity index (χ3v) is 5.95. The number of phenols is 1. The first-order chi connectivity index (χ1) is 12.0. The number of benzene rings is 1. The molecule has 140 valence electrons. The Hall–Kier alpha value is -1.56. The second kappa shape index (κ2) is 9.80. The fourth-order valence-corrected chi connectivity index (χ4v) is 4.16.